The molecule has 0 aromatic heterocycles. The molecule has 160 valence electrons. The van der Waals surface area contributed by atoms with Gasteiger partial charge in [0.15, 0.2) is 23.0 Å². The number of hydrogen-bond acceptors (Lipinski definition) is 6. The molecule has 0 atom stereocenters. The standard InChI is InChI=1S/C24H23NO6/c1-27-19-10-8-17(12-18(19)14-29-21-6-4-3-5-20(21)28-2)24(26)25-13-16-7-9-22-23(11-16)31-15-30-22/h3-12H,13-15H2,1-2H3,(H,25,26). The zero-order valence-electron chi connectivity index (χ0n) is 17.3. The fourth-order valence-electron chi connectivity index (χ4n) is 3.26. The van der Waals surface area contributed by atoms with Gasteiger partial charge < -0.3 is 29.0 Å². The second-order valence-electron chi connectivity index (χ2n) is 6.84. The Kier molecular flexibility index (Phi) is 6.12. The van der Waals surface area contributed by atoms with Crippen molar-refractivity contribution in [1.82, 2.24) is 5.32 Å². The van der Waals surface area contributed by atoms with Gasteiger partial charge in [-0.2, -0.15) is 0 Å². The Balaban J connectivity index is 1.44. The quantitative estimate of drug-likeness (QED) is 0.594. The zero-order valence-corrected chi connectivity index (χ0v) is 17.3. The van der Waals surface area contributed by atoms with E-state index in [-0.39, 0.29) is 19.3 Å². The van der Waals surface area contributed by atoms with Crippen LogP contribution in [0.5, 0.6) is 28.7 Å². The first-order chi connectivity index (χ1) is 15.2. The SMILES string of the molecule is COc1ccc(C(=O)NCc2ccc3c(c2)OCO3)cc1COc1ccccc1OC. The summed E-state index contributed by atoms with van der Waals surface area (Å²) in [5.41, 5.74) is 2.19. The molecule has 0 spiro atoms. The molecule has 0 saturated carbocycles. The molecule has 1 amide bonds. The summed E-state index contributed by atoms with van der Waals surface area (Å²) >= 11 is 0. The fourth-order valence-corrected chi connectivity index (χ4v) is 3.26. The number of hydrogen-bond donors (Lipinski definition) is 1. The largest absolute Gasteiger partial charge is 0.496 e. The summed E-state index contributed by atoms with van der Waals surface area (Å²) in [6.45, 7) is 0.818. The van der Waals surface area contributed by atoms with E-state index < -0.39 is 0 Å². The summed E-state index contributed by atoms with van der Waals surface area (Å²) in [6.07, 6.45) is 0. The number of carbonyl (C=O) groups is 1. The van der Waals surface area contributed by atoms with E-state index in [0.717, 1.165) is 11.1 Å². The number of rotatable bonds is 8. The molecule has 0 aliphatic carbocycles. The average molecular weight is 421 g/mol. The fraction of sp³-hybridized carbons (Fsp3) is 0.208. The van der Waals surface area contributed by atoms with Crippen molar-refractivity contribution in [3.05, 3.63) is 77.4 Å². The van der Waals surface area contributed by atoms with E-state index in [1.165, 1.54) is 0 Å². The summed E-state index contributed by atoms with van der Waals surface area (Å²) in [5, 5.41) is 2.93. The molecule has 1 aliphatic heterocycles. The first-order valence-electron chi connectivity index (χ1n) is 9.77. The monoisotopic (exact) mass is 421 g/mol. The summed E-state index contributed by atoms with van der Waals surface area (Å²) < 4.78 is 27.3. The van der Waals surface area contributed by atoms with Gasteiger partial charge in [0, 0.05) is 17.7 Å². The predicted molar refractivity (Wildman–Crippen MR) is 114 cm³/mol. The Morgan fingerprint density at radius 2 is 1.68 bits per heavy atom. The van der Waals surface area contributed by atoms with Crippen LogP contribution in [0.4, 0.5) is 0 Å². The predicted octanol–water partition coefficient (Wildman–Crippen LogP) is 3.94. The molecule has 0 radical (unpaired) electrons. The topological polar surface area (TPSA) is 75.3 Å². The Morgan fingerprint density at radius 3 is 2.48 bits per heavy atom. The lowest BCUT2D eigenvalue weighted by molar-refractivity contribution is 0.0950. The molecule has 7 nitrogen and oxygen atoms in total. The van der Waals surface area contributed by atoms with Gasteiger partial charge in [0.25, 0.3) is 5.91 Å². The number of benzene rings is 3. The highest BCUT2D eigenvalue weighted by Gasteiger charge is 2.15. The van der Waals surface area contributed by atoms with E-state index in [9.17, 15) is 4.79 Å². The molecule has 7 heteroatoms. The van der Waals surface area contributed by atoms with Gasteiger partial charge in [-0.3, -0.25) is 4.79 Å². The second-order valence-corrected chi connectivity index (χ2v) is 6.84. The number of amides is 1. The second kappa shape index (κ2) is 9.30. The van der Waals surface area contributed by atoms with Crippen LogP contribution in [0.25, 0.3) is 0 Å². The lowest BCUT2D eigenvalue weighted by atomic mass is 10.1. The van der Waals surface area contributed by atoms with Gasteiger partial charge in [-0.15, -0.1) is 0 Å². The Labute approximate surface area is 180 Å². The third-order valence-corrected chi connectivity index (χ3v) is 4.88. The molecular weight excluding hydrogens is 398 g/mol. The van der Waals surface area contributed by atoms with E-state index in [1.807, 2.05) is 42.5 Å². The summed E-state index contributed by atoms with van der Waals surface area (Å²) in [5.74, 6) is 3.10. The molecule has 3 aromatic rings. The molecule has 0 unspecified atom stereocenters. The Bertz CT molecular complexity index is 1080. The van der Waals surface area contributed by atoms with Gasteiger partial charge in [-0.25, -0.2) is 0 Å². The van der Waals surface area contributed by atoms with Crippen molar-refractivity contribution in [3.63, 3.8) is 0 Å². The lowest BCUT2D eigenvalue weighted by Crippen LogP contribution is -2.23. The minimum atomic E-state index is -0.195. The normalized spacial score (nSPS) is 11.7. The van der Waals surface area contributed by atoms with E-state index >= 15 is 0 Å². The van der Waals surface area contributed by atoms with Crippen LogP contribution in [-0.4, -0.2) is 26.9 Å². The van der Waals surface area contributed by atoms with Crippen LogP contribution in [0.15, 0.2) is 60.7 Å². The smallest absolute Gasteiger partial charge is 0.251 e. The van der Waals surface area contributed by atoms with Gasteiger partial charge in [0.2, 0.25) is 6.79 Å². The van der Waals surface area contributed by atoms with Crippen LogP contribution in [0.2, 0.25) is 0 Å². The molecule has 1 aliphatic rings. The Hall–Kier alpha value is -3.87. The van der Waals surface area contributed by atoms with Crippen molar-refractivity contribution < 1.29 is 28.5 Å². The maximum absolute atomic E-state index is 12.7. The van der Waals surface area contributed by atoms with Crippen molar-refractivity contribution in [2.45, 2.75) is 13.2 Å². The minimum absolute atomic E-state index is 0.195. The highest BCUT2D eigenvalue weighted by molar-refractivity contribution is 5.94. The first kappa shape index (κ1) is 20.4. The molecule has 31 heavy (non-hydrogen) atoms. The van der Waals surface area contributed by atoms with Crippen molar-refractivity contribution >= 4 is 5.91 Å². The third-order valence-electron chi connectivity index (χ3n) is 4.88. The average Bonchev–Trinajstić information content (AvgIpc) is 3.29. The maximum atomic E-state index is 12.7. The van der Waals surface area contributed by atoms with E-state index in [4.69, 9.17) is 23.7 Å². The highest BCUT2D eigenvalue weighted by atomic mass is 16.7. The van der Waals surface area contributed by atoms with Crippen LogP contribution in [0.1, 0.15) is 21.5 Å². The molecule has 0 fully saturated rings. The summed E-state index contributed by atoms with van der Waals surface area (Å²) in [4.78, 5) is 12.7. The van der Waals surface area contributed by atoms with Crippen LogP contribution in [-0.2, 0) is 13.2 Å². The number of ether oxygens (including phenoxy) is 5. The number of para-hydroxylation sites is 2. The van der Waals surface area contributed by atoms with Crippen molar-refractivity contribution in [3.8, 4) is 28.7 Å². The van der Waals surface area contributed by atoms with Crippen molar-refractivity contribution in [1.29, 1.82) is 0 Å². The number of nitrogens with one attached hydrogen (secondary N) is 1. The van der Waals surface area contributed by atoms with Gasteiger partial charge in [0.1, 0.15) is 12.4 Å². The van der Waals surface area contributed by atoms with Crippen molar-refractivity contribution in [2.24, 2.45) is 0 Å². The molecule has 0 bridgehead atoms. The van der Waals surface area contributed by atoms with Crippen LogP contribution >= 0.6 is 0 Å². The third kappa shape index (κ3) is 4.66. The highest BCUT2D eigenvalue weighted by Crippen LogP contribution is 2.32. The number of fused-ring (bicyclic) bond motifs is 1. The first-order valence-corrected chi connectivity index (χ1v) is 9.77. The van der Waals surface area contributed by atoms with E-state index in [2.05, 4.69) is 5.32 Å². The molecular formula is C24H23NO6. The Morgan fingerprint density at radius 1 is 0.903 bits per heavy atom. The maximum Gasteiger partial charge on any atom is 0.251 e. The van der Waals surface area contributed by atoms with E-state index in [0.29, 0.717) is 40.9 Å². The lowest BCUT2D eigenvalue weighted by Gasteiger charge is -2.14. The summed E-state index contributed by atoms with van der Waals surface area (Å²) in [7, 11) is 3.18. The number of carbonyl (C=O) groups excluding carboxylic acids is 1. The minimum Gasteiger partial charge on any atom is -0.496 e. The van der Waals surface area contributed by atoms with Crippen LogP contribution in [0.3, 0.4) is 0 Å². The van der Waals surface area contributed by atoms with Gasteiger partial charge in [0.05, 0.1) is 14.2 Å². The molecule has 4 rings (SSSR count). The summed E-state index contributed by atoms with van der Waals surface area (Å²) in [6, 6.07) is 18.2. The number of methoxy groups -OCH3 is 2. The van der Waals surface area contributed by atoms with Gasteiger partial charge in [-0.1, -0.05) is 18.2 Å². The molecule has 1 heterocycles. The zero-order chi connectivity index (χ0) is 21.6. The van der Waals surface area contributed by atoms with Gasteiger partial charge in [-0.05, 0) is 48.0 Å². The molecule has 3 aromatic carbocycles. The molecule has 0 saturated heterocycles. The van der Waals surface area contributed by atoms with Crippen LogP contribution < -0.4 is 29.0 Å². The van der Waals surface area contributed by atoms with E-state index in [1.54, 1.807) is 32.4 Å². The molecule has 1 N–H and O–H groups in total. The van der Waals surface area contributed by atoms with Crippen LogP contribution in [0, 0.1) is 0 Å². The van der Waals surface area contributed by atoms with Gasteiger partial charge >= 0.3 is 0 Å². The van der Waals surface area contributed by atoms with Crippen molar-refractivity contribution in [2.75, 3.05) is 21.0 Å².